The summed E-state index contributed by atoms with van der Waals surface area (Å²) in [4.78, 5) is 32.3. The van der Waals surface area contributed by atoms with E-state index in [1.807, 2.05) is 25.1 Å². The first-order valence-corrected chi connectivity index (χ1v) is 17.9. The smallest absolute Gasteiger partial charge is 0.331 e. The summed E-state index contributed by atoms with van der Waals surface area (Å²) in [6, 6.07) is 22.5. The van der Waals surface area contributed by atoms with Crippen LogP contribution >= 0.6 is 23.2 Å². The van der Waals surface area contributed by atoms with Gasteiger partial charge in [-0.05, 0) is 90.6 Å². The molecule has 0 radical (unpaired) electrons. The average molecular weight is 738 g/mol. The number of halogens is 2. The molecule has 2 aliphatic carbocycles. The monoisotopic (exact) mass is 736 g/mol. The van der Waals surface area contributed by atoms with Gasteiger partial charge in [0.25, 0.3) is 0 Å². The molecule has 2 aliphatic rings. The molecule has 0 spiro atoms. The van der Waals surface area contributed by atoms with Crippen LogP contribution in [0.5, 0.6) is 11.8 Å². The van der Waals surface area contributed by atoms with Crippen molar-refractivity contribution in [2.45, 2.75) is 70.4 Å². The van der Waals surface area contributed by atoms with Crippen LogP contribution < -0.4 is 20.5 Å². The topological polar surface area (TPSA) is 137 Å². The van der Waals surface area contributed by atoms with Crippen molar-refractivity contribution in [1.82, 2.24) is 15.3 Å². The van der Waals surface area contributed by atoms with Crippen LogP contribution in [0.1, 0.15) is 58.4 Å². The molecule has 0 aliphatic heterocycles. The van der Waals surface area contributed by atoms with Gasteiger partial charge in [-0.2, -0.15) is 4.98 Å². The second-order valence-electron chi connectivity index (χ2n) is 13.7. The van der Waals surface area contributed by atoms with Gasteiger partial charge in [0.1, 0.15) is 17.7 Å². The normalized spacial score (nSPS) is 17.2. The molecule has 0 bridgehead atoms. The van der Waals surface area contributed by atoms with Crippen molar-refractivity contribution < 1.29 is 24.2 Å². The summed E-state index contributed by atoms with van der Waals surface area (Å²) in [5, 5.41) is 13.3. The number of aryl methyl sites for hydroxylation is 1. The summed E-state index contributed by atoms with van der Waals surface area (Å²) in [5.74, 6) is -0.939. The van der Waals surface area contributed by atoms with Gasteiger partial charge in [-0.15, -0.1) is 0 Å². The lowest BCUT2D eigenvalue weighted by Gasteiger charge is -2.22. The molecule has 0 amide bonds. The lowest BCUT2D eigenvalue weighted by atomic mass is 9.93. The number of pyridine rings is 2. The molecule has 7 rings (SSSR count). The van der Waals surface area contributed by atoms with Gasteiger partial charge < -0.3 is 25.1 Å². The van der Waals surface area contributed by atoms with Crippen molar-refractivity contribution in [2.24, 2.45) is 5.73 Å². The SMILES string of the molecule is Cc1cncc(COc2nc(O[C@H]3CCc4c(-c5cccc(-c6ccc7c(c6)CC(N)C7)c5Cl)cccc43)c(Cl)cc2CNC(C)(C=O)C(=O)O)c1. The van der Waals surface area contributed by atoms with E-state index in [0.29, 0.717) is 23.3 Å². The van der Waals surface area contributed by atoms with Gasteiger partial charge in [-0.25, -0.2) is 4.79 Å². The molecule has 2 heterocycles. The van der Waals surface area contributed by atoms with Gasteiger partial charge in [-0.3, -0.25) is 10.3 Å². The van der Waals surface area contributed by atoms with Gasteiger partial charge in [0.05, 0.1) is 5.02 Å². The Morgan fingerprint density at radius 3 is 2.58 bits per heavy atom. The zero-order chi connectivity index (χ0) is 36.6. The fraction of sp³-hybridized carbons (Fsp3) is 0.268. The molecule has 5 aromatic rings. The Morgan fingerprint density at radius 2 is 1.79 bits per heavy atom. The molecule has 0 saturated carbocycles. The number of aromatic nitrogens is 2. The number of nitrogens with zero attached hydrogens (tertiary/aromatic N) is 2. The highest BCUT2D eigenvalue weighted by molar-refractivity contribution is 6.36. The zero-order valence-electron chi connectivity index (χ0n) is 28.8. The van der Waals surface area contributed by atoms with E-state index in [2.05, 4.69) is 57.7 Å². The zero-order valence-corrected chi connectivity index (χ0v) is 30.3. The molecule has 4 N–H and O–H groups in total. The fourth-order valence-electron chi connectivity index (χ4n) is 7.03. The Hall–Kier alpha value is -4.80. The van der Waals surface area contributed by atoms with Crippen molar-refractivity contribution >= 4 is 35.5 Å². The van der Waals surface area contributed by atoms with Crippen LogP contribution in [0, 0.1) is 6.92 Å². The molecule has 2 unspecified atom stereocenters. The van der Waals surface area contributed by atoms with Crippen molar-refractivity contribution in [3.63, 3.8) is 0 Å². The van der Waals surface area contributed by atoms with Crippen molar-refractivity contribution in [3.8, 4) is 34.0 Å². The van der Waals surface area contributed by atoms with Crippen LogP contribution in [0.3, 0.4) is 0 Å². The summed E-state index contributed by atoms with van der Waals surface area (Å²) in [6.07, 6.45) is 6.67. The molecular weight excluding hydrogens is 699 g/mol. The lowest BCUT2D eigenvalue weighted by Crippen LogP contribution is -2.50. The summed E-state index contributed by atoms with van der Waals surface area (Å²) < 4.78 is 12.7. The number of rotatable bonds is 12. The molecule has 0 fully saturated rings. The number of nitrogens with two attached hydrogens (primary N) is 1. The maximum atomic E-state index is 11.8. The van der Waals surface area contributed by atoms with Crippen molar-refractivity contribution in [3.05, 3.63) is 128 Å². The number of hydrogen-bond acceptors (Lipinski definition) is 8. The number of aldehydes is 1. The molecule has 2 aromatic heterocycles. The number of ether oxygens (including phenoxy) is 2. The second kappa shape index (κ2) is 14.7. The van der Waals surface area contributed by atoms with Crippen LogP contribution in [0.25, 0.3) is 22.3 Å². The predicted octanol–water partition coefficient (Wildman–Crippen LogP) is 7.63. The van der Waals surface area contributed by atoms with E-state index in [0.717, 1.165) is 63.8 Å². The number of aliphatic carboxylic acids is 1. The Labute approximate surface area is 312 Å². The van der Waals surface area contributed by atoms with E-state index in [9.17, 15) is 14.7 Å². The molecule has 3 aromatic carbocycles. The number of nitrogens with one attached hydrogen (secondary N) is 1. The van der Waals surface area contributed by atoms with E-state index in [1.165, 1.54) is 18.1 Å². The van der Waals surface area contributed by atoms with Crippen molar-refractivity contribution in [2.75, 3.05) is 0 Å². The van der Waals surface area contributed by atoms with Gasteiger partial charge in [0, 0.05) is 47.2 Å². The van der Waals surface area contributed by atoms with Crippen molar-refractivity contribution in [1.29, 1.82) is 0 Å². The molecule has 52 heavy (non-hydrogen) atoms. The summed E-state index contributed by atoms with van der Waals surface area (Å²) in [5.41, 5.74) is 15.5. The lowest BCUT2D eigenvalue weighted by molar-refractivity contribution is -0.146. The van der Waals surface area contributed by atoms with Gasteiger partial charge in [0.15, 0.2) is 11.8 Å². The van der Waals surface area contributed by atoms with Crippen LogP contribution in [0.15, 0.2) is 79.1 Å². The van der Waals surface area contributed by atoms with Crippen LogP contribution in [-0.4, -0.2) is 38.9 Å². The molecular formula is C41H38Cl2N4O5. The third kappa shape index (κ3) is 7.14. The number of benzene rings is 3. The highest BCUT2D eigenvalue weighted by Crippen LogP contribution is 2.45. The molecule has 11 heteroatoms. The first kappa shape index (κ1) is 35.6. The number of hydrogen-bond donors (Lipinski definition) is 3. The van der Waals surface area contributed by atoms with E-state index in [-0.39, 0.29) is 42.1 Å². The molecule has 9 nitrogen and oxygen atoms in total. The summed E-state index contributed by atoms with van der Waals surface area (Å²) in [7, 11) is 0. The van der Waals surface area contributed by atoms with Gasteiger partial charge in [-0.1, -0.05) is 77.8 Å². The number of carbonyl (C=O) groups excluding carboxylic acids is 1. The predicted molar refractivity (Wildman–Crippen MR) is 201 cm³/mol. The Morgan fingerprint density at radius 1 is 1.02 bits per heavy atom. The summed E-state index contributed by atoms with van der Waals surface area (Å²) in [6.45, 7) is 3.31. The fourth-order valence-corrected chi connectivity index (χ4v) is 7.59. The number of fused-ring (bicyclic) bond motifs is 2. The molecule has 3 atom stereocenters. The standard InChI is InChI=1S/C41H38Cl2N4O5/c1-23-13-24(19-45-18-23)21-51-38-28(20-46-41(2,22-48)40(49)50)17-35(42)39(47-38)52-36-12-11-32-31(6-4-7-33(32)36)34-8-3-5-30(37(34)43)26-10-9-25-15-29(44)16-27(25)14-26/h3-10,13-14,17-19,22,29,36,46H,11-12,15-16,20-21,44H2,1-2H3,(H,49,50)/t29?,36-,41?/m0/s1. The van der Waals surface area contributed by atoms with Crippen LogP contribution in [0.2, 0.25) is 10.0 Å². The minimum atomic E-state index is -1.82. The third-order valence-corrected chi connectivity index (χ3v) is 10.5. The number of carboxylic acids is 1. The largest absolute Gasteiger partial charge is 0.480 e. The van der Waals surface area contributed by atoms with Gasteiger partial charge >= 0.3 is 5.97 Å². The minimum Gasteiger partial charge on any atom is -0.480 e. The first-order valence-electron chi connectivity index (χ1n) is 17.2. The maximum Gasteiger partial charge on any atom is 0.331 e. The maximum absolute atomic E-state index is 11.8. The van der Waals surface area contributed by atoms with Crippen LogP contribution in [-0.2, 0) is 42.0 Å². The van der Waals surface area contributed by atoms with E-state index < -0.39 is 11.5 Å². The second-order valence-corrected chi connectivity index (χ2v) is 14.5. The third-order valence-electron chi connectivity index (χ3n) is 9.86. The van der Waals surface area contributed by atoms with Gasteiger partial charge in [0.2, 0.25) is 11.8 Å². The minimum absolute atomic E-state index is 0.0512. The number of carbonyl (C=O) groups is 2. The average Bonchev–Trinajstić information content (AvgIpc) is 3.72. The Kier molecular flexibility index (Phi) is 10.0. The Bertz CT molecular complexity index is 2190. The Balaban J connectivity index is 1.17. The van der Waals surface area contributed by atoms with E-state index >= 15 is 0 Å². The highest BCUT2D eigenvalue weighted by Gasteiger charge is 2.33. The van der Waals surface area contributed by atoms with E-state index in [4.69, 9.17) is 38.4 Å². The van der Waals surface area contributed by atoms with Crippen LogP contribution in [0.4, 0.5) is 0 Å². The molecule has 266 valence electrons. The van der Waals surface area contributed by atoms with E-state index in [1.54, 1.807) is 18.5 Å². The summed E-state index contributed by atoms with van der Waals surface area (Å²) >= 11 is 14.0. The number of carboxylic acid groups (broad SMARTS) is 1. The molecule has 0 saturated heterocycles. The quantitative estimate of drug-likeness (QED) is 0.0872. The first-order chi connectivity index (χ1) is 25.0. The highest BCUT2D eigenvalue weighted by atomic mass is 35.5.